The summed E-state index contributed by atoms with van der Waals surface area (Å²) >= 11 is 0. The molecule has 1 saturated heterocycles. The first-order valence-corrected chi connectivity index (χ1v) is 9.00. The maximum absolute atomic E-state index is 12.9. The van der Waals surface area contributed by atoms with E-state index >= 15 is 0 Å². The second-order valence-corrected chi connectivity index (χ2v) is 7.04. The summed E-state index contributed by atoms with van der Waals surface area (Å²) in [6.45, 7) is 0.769. The summed E-state index contributed by atoms with van der Waals surface area (Å²) in [4.78, 5) is 14.8. The Bertz CT molecular complexity index is 785. The van der Waals surface area contributed by atoms with Crippen molar-refractivity contribution in [2.75, 3.05) is 6.54 Å². The number of phenols is 1. The molecule has 2 aromatic rings. The third kappa shape index (κ3) is 2.97. The minimum Gasteiger partial charge on any atom is -0.508 e. The van der Waals surface area contributed by atoms with Crippen LogP contribution in [0.5, 0.6) is 5.75 Å². The van der Waals surface area contributed by atoms with Crippen molar-refractivity contribution in [1.29, 1.82) is 0 Å². The van der Waals surface area contributed by atoms with E-state index in [9.17, 15) is 9.90 Å². The highest BCUT2D eigenvalue weighted by Gasteiger charge is 2.33. The van der Waals surface area contributed by atoms with Crippen LogP contribution >= 0.6 is 0 Å². The van der Waals surface area contributed by atoms with Crippen molar-refractivity contribution in [3.8, 4) is 5.75 Å². The van der Waals surface area contributed by atoms with Crippen LogP contribution in [-0.2, 0) is 13.5 Å². The zero-order chi connectivity index (χ0) is 17.4. The van der Waals surface area contributed by atoms with E-state index < -0.39 is 0 Å². The third-order valence-electron chi connectivity index (χ3n) is 5.40. The zero-order valence-electron chi connectivity index (χ0n) is 14.5. The number of amides is 2. The highest BCUT2D eigenvalue weighted by Crippen LogP contribution is 2.36. The third-order valence-corrected chi connectivity index (χ3v) is 5.40. The average molecular weight is 340 g/mol. The van der Waals surface area contributed by atoms with Crippen LogP contribution in [0.2, 0.25) is 0 Å². The van der Waals surface area contributed by atoms with Gasteiger partial charge in [-0.25, -0.2) is 4.79 Å². The predicted octanol–water partition coefficient (Wildman–Crippen LogP) is 3.05. The van der Waals surface area contributed by atoms with Gasteiger partial charge in [0.25, 0.3) is 0 Å². The molecule has 0 unspecified atom stereocenters. The van der Waals surface area contributed by atoms with Crippen LogP contribution in [0.15, 0.2) is 30.6 Å². The smallest absolute Gasteiger partial charge is 0.318 e. The zero-order valence-corrected chi connectivity index (χ0v) is 14.5. The van der Waals surface area contributed by atoms with Gasteiger partial charge in [-0.2, -0.15) is 5.10 Å². The summed E-state index contributed by atoms with van der Waals surface area (Å²) in [5.41, 5.74) is 3.12. The number of nitrogens with zero attached hydrogens (tertiary/aromatic N) is 3. The maximum Gasteiger partial charge on any atom is 0.318 e. The summed E-state index contributed by atoms with van der Waals surface area (Å²) in [5, 5.41) is 17.5. The summed E-state index contributed by atoms with van der Waals surface area (Å²) in [6.07, 6.45) is 8.58. The number of rotatable bonds is 2. The Morgan fingerprint density at radius 3 is 3.00 bits per heavy atom. The first kappa shape index (κ1) is 16.0. The largest absolute Gasteiger partial charge is 0.508 e. The molecule has 0 radical (unpaired) electrons. The van der Waals surface area contributed by atoms with Gasteiger partial charge < -0.3 is 15.3 Å². The number of aromatic nitrogens is 2. The fourth-order valence-electron chi connectivity index (χ4n) is 4.18. The molecule has 2 amide bonds. The molecule has 6 heteroatoms. The standard InChI is InChI=1S/C19H24N4O2/c1-22-12-13(11-20-22)17-8-4-10-23(17)19(25)21-16-7-2-6-15-14(16)5-3-9-18(15)24/h3,5,9,11-12,16-17,24H,2,4,6-8,10H2,1H3,(H,21,25)/t16-,17-/m1/s1. The summed E-state index contributed by atoms with van der Waals surface area (Å²) < 4.78 is 1.78. The van der Waals surface area contributed by atoms with E-state index in [4.69, 9.17) is 0 Å². The quantitative estimate of drug-likeness (QED) is 0.883. The Hall–Kier alpha value is -2.50. The van der Waals surface area contributed by atoms with Gasteiger partial charge in [-0.05, 0) is 49.3 Å². The van der Waals surface area contributed by atoms with Crippen LogP contribution in [0, 0.1) is 0 Å². The maximum atomic E-state index is 12.9. The molecular formula is C19H24N4O2. The van der Waals surface area contributed by atoms with E-state index in [0.29, 0.717) is 5.75 Å². The van der Waals surface area contributed by atoms with Crippen LogP contribution in [0.4, 0.5) is 4.79 Å². The minimum absolute atomic E-state index is 0.0208. The molecule has 0 spiro atoms. The van der Waals surface area contributed by atoms with E-state index in [1.54, 1.807) is 10.7 Å². The van der Waals surface area contributed by atoms with Crippen molar-refractivity contribution in [2.45, 2.75) is 44.2 Å². The van der Waals surface area contributed by atoms with Gasteiger partial charge in [0.1, 0.15) is 5.75 Å². The number of carbonyl (C=O) groups is 1. The Balaban J connectivity index is 1.52. The first-order valence-electron chi connectivity index (χ1n) is 9.00. The Labute approximate surface area is 147 Å². The molecule has 1 aromatic heterocycles. The number of urea groups is 1. The number of benzene rings is 1. The molecule has 6 nitrogen and oxygen atoms in total. The van der Waals surface area contributed by atoms with Crippen molar-refractivity contribution in [3.63, 3.8) is 0 Å². The van der Waals surface area contributed by atoms with Gasteiger partial charge in [-0.3, -0.25) is 4.68 Å². The van der Waals surface area contributed by atoms with Gasteiger partial charge in [0.05, 0.1) is 18.3 Å². The first-order chi connectivity index (χ1) is 12.1. The van der Waals surface area contributed by atoms with Crippen LogP contribution in [0.25, 0.3) is 0 Å². The van der Waals surface area contributed by atoms with Gasteiger partial charge in [-0.15, -0.1) is 0 Å². The number of hydrogen-bond acceptors (Lipinski definition) is 3. The molecule has 1 aliphatic carbocycles. The molecule has 4 rings (SSSR count). The van der Waals surface area contributed by atoms with Crippen LogP contribution < -0.4 is 5.32 Å². The SMILES string of the molecule is Cn1cc([C@H]2CCCN2C(=O)N[C@@H]2CCCc3c(O)cccc32)cn1. The molecule has 1 aliphatic heterocycles. The number of nitrogens with one attached hydrogen (secondary N) is 1. The Morgan fingerprint density at radius 1 is 1.32 bits per heavy atom. The number of aryl methyl sites for hydroxylation is 1. The van der Waals surface area contributed by atoms with Crippen LogP contribution in [-0.4, -0.2) is 32.4 Å². The highest BCUT2D eigenvalue weighted by molar-refractivity contribution is 5.76. The topological polar surface area (TPSA) is 70.4 Å². The number of phenolic OH excluding ortho intramolecular Hbond substituents is 1. The Morgan fingerprint density at radius 2 is 2.20 bits per heavy atom. The molecular weight excluding hydrogens is 316 g/mol. The highest BCUT2D eigenvalue weighted by atomic mass is 16.3. The molecule has 1 aromatic carbocycles. The van der Waals surface area contributed by atoms with Crippen LogP contribution in [0.1, 0.15) is 54.5 Å². The van der Waals surface area contributed by atoms with Gasteiger partial charge in [-0.1, -0.05) is 12.1 Å². The molecule has 0 saturated carbocycles. The molecule has 2 atom stereocenters. The van der Waals surface area contributed by atoms with Crippen molar-refractivity contribution in [3.05, 3.63) is 47.3 Å². The average Bonchev–Trinajstić information content (AvgIpc) is 3.24. The number of carbonyl (C=O) groups excluding carboxylic acids is 1. The van der Waals surface area contributed by atoms with Gasteiger partial charge in [0, 0.05) is 25.4 Å². The van der Waals surface area contributed by atoms with E-state index in [0.717, 1.165) is 55.3 Å². The second-order valence-electron chi connectivity index (χ2n) is 7.04. The van der Waals surface area contributed by atoms with Crippen LogP contribution in [0.3, 0.4) is 0 Å². The summed E-state index contributed by atoms with van der Waals surface area (Å²) in [7, 11) is 1.90. The summed E-state index contributed by atoms with van der Waals surface area (Å²) in [5.74, 6) is 0.339. The summed E-state index contributed by atoms with van der Waals surface area (Å²) in [6, 6.07) is 5.64. The fraction of sp³-hybridized carbons (Fsp3) is 0.474. The molecule has 132 valence electrons. The van der Waals surface area contributed by atoms with E-state index in [-0.39, 0.29) is 18.1 Å². The van der Waals surface area contributed by atoms with Gasteiger partial charge >= 0.3 is 6.03 Å². The lowest BCUT2D eigenvalue weighted by Gasteiger charge is -2.31. The molecule has 2 N–H and O–H groups in total. The molecule has 2 aliphatic rings. The Kier molecular flexibility index (Phi) is 4.11. The van der Waals surface area contributed by atoms with Crippen molar-refractivity contribution >= 4 is 6.03 Å². The number of likely N-dealkylation sites (tertiary alicyclic amines) is 1. The lowest BCUT2D eigenvalue weighted by molar-refractivity contribution is 0.187. The number of hydrogen-bond donors (Lipinski definition) is 2. The van der Waals surface area contributed by atoms with Crippen molar-refractivity contribution in [1.82, 2.24) is 20.0 Å². The predicted molar refractivity (Wildman–Crippen MR) is 94.2 cm³/mol. The van der Waals surface area contributed by atoms with E-state index in [1.807, 2.05) is 36.5 Å². The van der Waals surface area contributed by atoms with Gasteiger partial charge in [0.2, 0.25) is 0 Å². The number of aromatic hydroxyl groups is 1. The molecule has 1 fully saturated rings. The molecule has 0 bridgehead atoms. The fourth-order valence-corrected chi connectivity index (χ4v) is 4.18. The lowest BCUT2D eigenvalue weighted by Crippen LogP contribution is -2.42. The normalized spacial score (nSPS) is 22.7. The van der Waals surface area contributed by atoms with E-state index in [2.05, 4.69) is 10.4 Å². The monoisotopic (exact) mass is 340 g/mol. The van der Waals surface area contributed by atoms with Crippen molar-refractivity contribution < 1.29 is 9.90 Å². The minimum atomic E-state index is -0.0292. The lowest BCUT2D eigenvalue weighted by atomic mass is 9.87. The molecule has 2 heterocycles. The molecule has 25 heavy (non-hydrogen) atoms. The van der Waals surface area contributed by atoms with E-state index in [1.165, 1.54) is 0 Å². The van der Waals surface area contributed by atoms with Gasteiger partial charge in [0.15, 0.2) is 0 Å². The second kappa shape index (κ2) is 6.43. The van der Waals surface area contributed by atoms with Crippen molar-refractivity contribution in [2.24, 2.45) is 7.05 Å². The number of fused-ring (bicyclic) bond motifs is 1.